The maximum atomic E-state index is 11.5. The third-order valence-electron chi connectivity index (χ3n) is 2.19. The number of unbranched alkanes of at least 4 members (excludes halogenated alkanes) is 2. The lowest BCUT2D eigenvalue weighted by atomic mass is 10.1. The van der Waals surface area contributed by atoms with Crippen LogP contribution < -0.4 is 0 Å². The van der Waals surface area contributed by atoms with Gasteiger partial charge in [-0.25, -0.2) is 0 Å². The first-order chi connectivity index (χ1) is 7.15. The first-order valence-electron chi connectivity index (χ1n) is 5.01. The molecule has 0 saturated heterocycles. The number of aromatic nitrogens is 1. The van der Waals surface area contributed by atoms with Gasteiger partial charge in [-0.3, -0.25) is 14.9 Å². The number of rotatable bonds is 6. The zero-order chi connectivity index (χ0) is 11.3. The summed E-state index contributed by atoms with van der Waals surface area (Å²) in [5.41, 5.74) is 0.270. The molecule has 0 radical (unpaired) electrons. The van der Waals surface area contributed by atoms with E-state index < -0.39 is 4.92 Å². The molecule has 0 aromatic carbocycles. The molecule has 15 heavy (non-hydrogen) atoms. The Hall–Kier alpha value is -1.65. The van der Waals surface area contributed by atoms with Crippen LogP contribution in [0.15, 0.2) is 12.3 Å². The van der Waals surface area contributed by atoms with Gasteiger partial charge in [-0.2, -0.15) is 0 Å². The van der Waals surface area contributed by atoms with E-state index >= 15 is 0 Å². The highest BCUT2D eigenvalue weighted by molar-refractivity contribution is 5.94. The Morgan fingerprint density at radius 3 is 2.80 bits per heavy atom. The molecule has 1 heterocycles. The number of carbonyl (C=O) groups is 1. The average Bonchev–Trinajstić information content (AvgIpc) is 2.66. The van der Waals surface area contributed by atoms with E-state index in [1.54, 1.807) is 0 Å². The Balaban J connectivity index is 2.54. The fourth-order valence-corrected chi connectivity index (χ4v) is 1.32. The van der Waals surface area contributed by atoms with Crippen molar-refractivity contribution < 1.29 is 9.72 Å². The minimum atomic E-state index is -0.515. The average molecular weight is 210 g/mol. The maximum absolute atomic E-state index is 11.5. The van der Waals surface area contributed by atoms with E-state index in [0.717, 1.165) is 19.3 Å². The van der Waals surface area contributed by atoms with Gasteiger partial charge in [0.15, 0.2) is 5.78 Å². The van der Waals surface area contributed by atoms with E-state index in [1.807, 2.05) is 0 Å². The molecule has 0 fully saturated rings. The van der Waals surface area contributed by atoms with E-state index in [2.05, 4.69) is 11.9 Å². The van der Waals surface area contributed by atoms with Gasteiger partial charge in [0.25, 0.3) is 5.69 Å². The van der Waals surface area contributed by atoms with Crippen molar-refractivity contribution in [3.63, 3.8) is 0 Å². The number of nitrogens with zero attached hydrogens (tertiary/aromatic N) is 1. The Morgan fingerprint density at radius 1 is 1.53 bits per heavy atom. The predicted octanol–water partition coefficient (Wildman–Crippen LogP) is 2.69. The summed E-state index contributed by atoms with van der Waals surface area (Å²) in [6.07, 6.45) is 4.59. The molecule has 1 rings (SSSR count). The summed E-state index contributed by atoms with van der Waals surface area (Å²) < 4.78 is 0. The van der Waals surface area contributed by atoms with Gasteiger partial charge in [0.1, 0.15) is 0 Å². The normalized spacial score (nSPS) is 10.2. The number of nitro groups is 1. The summed E-state index contributed by atoms with van der Waals surface area (Å²) in [6, 6.07) is 1.29. The number of hydrogen-bond acceptors (Lipinski definition) is 3. The molecular formula is C10H14N2O3. The third-order valence-corrected chi connectivity index (χ3v) is 2.19. The molecular weight excluding hydrogens is 196 g/mol. The lowest BCUT2D eigenvalue weighted by molar-refractivity contribution is -0.384. The largest absolute Gasteiger partial charge is 0.353 e. The Bertz CT molecular complexity index is 357. The molecule has 0 aliphatic carbocycles. The van der Waals surface area contributed by atoms with Crippen LogP contribution in [0, 0.1) is 10.1 Å². The second kappa shape index (κ2) is 5.29. The van der Waals surface area contributed by atoms with Crippen molar-refractivity contribution in [2.75, 3.05) is 0 Å². The summed E-state index contributed by atoms with van der Waals surface area (Å²) in [5, 5.41) is 10.4. The minimum absolute atomic E-state index is 0.0587. The van der Waals surface area contributed by atoms with Crippen LogP contribution in [0.2, 0.25) is 0 Å². The summed E-state index contributed by atoms with van der Waals surface area (Å²) in [6.45, 7) is 2.06. The first kappa shape index (κ1) is 11.4. The summed E-state index contributed by atoms with van der Waals surface area (Å²) in [5.74, 6) is -0.0587. The summed E-state index contributed by atoms with van der Waals surface area (Å²) in [7, 11) is 0. The van der Waals surface area contributed by atoms with Crippen molar-refractivity contribution in [1.82, 2.24) is 4.98 Å². The first-order valence-corrected chi connectivity index (χ1v) is 5.01. The number of H-pyrrole nitrogens is 1. The highest BCUT2D eigenvalue weighted by Gasteiger charge is 2.13. The summed E-state index contributed by atoms with van der Waals surface area (Å²) >= 11 is 0. The number of carbonyl (C=O) groups excluding carboxylic acids is 1. The van der Waals surface area contributed by atoms with Gasteiger partial charge >= 0.3 is 0 Å². The van der Waals surface area contributed by atoms with Gasteiger partial charge in [0.05, 0.1) is 16.8 Å². The number of ketones is 1. The second-order valence-corrected chi connectivity index (χ2v) is 3.41. The summed E-state index contributed by atoms with van der Waals surface area (Å²) in [4.78, 5) is 24.0. The molecule has 0 aliphatic rings. The molecule has 0 aliphatic heterocycles. The monoisotopic (exact) mass is 210 g/mol. The Morgan fingerprint density at radius 2 is 2.27 bits per heavy atom. The standard InChI is InChI=1S/C10H14N2O3/c1-2-3-4-5-10(13)9-6-8(7-11-9)12(14)15/h6-7,11H,2-5H2,1H3. The van der Waals surface area contributed by atoms with E-state index in [9.17, 15) is 14.9 Å². The van der Waals surface area contributed by atoms with E-state index in [-0.39, 0.29) is 11.5 Å². The molecule has 1 aromatic heterocycles. The zero-order valence-electron chi connectivity index (χ0n) is 8.66. The van der Waals surface area contributed by atoms with Gasteiger partial charge in [-0.1, -0.05) is 19.8 Å². The van der Waals surface area contributed by atoms with Crippen LogP contribution in [-0.4, -0.2) is 15.7 Å². The third kappa shape index (κ3) is 3.19. The second-order valence-electron chi connectivity index (χ2n) is 3.41. The Kier molecular flexibility index (Phi) is 4.03. The SMILES string of the molecule is CCCCCC(=O)c1cc([N+](=O)[O-])c[nH]1. The molecule has 0 spiro atoms. The molecule has 5 heteroatoms. The molecule has 0 atom stereocenters. The van der Waals surface area contributed by atoms with Crippen molar-refractivity contribution in [2.24, 2.45) is 0 Å². The fourth-order valence-electron chi connectivity index (χ4n) is 1.32. The van der Waals surface area contributed by atoms with Crippen LogP contribution in [0.1, 0.15) is 43.1 Å². The molecule has 0 amide bonds. The molecule has 0 bridgehead atoms. The minimum Gasteiger partial charge on any atom is -0.353 e. The van der Waals surface area contributed by atoms with Gasteiger partial charge < -0.3 is 4.98 Å². The van der Waals surface area contributed by atoms with Crippen LogP contribution in [0.3, 0.4) is 0 Å². The maximum Gasteiger partial charge on any atom is 0.287 e. The number of hydrogen-bond donors (Lipinski definition) is 1. The zero-order valence-corrected chi connectivity index (χ0v) is 8.66. The molecule has 5 nitrogen and oxygen atoms in total. The van der Waals surface area contributed by atoms with Crippen molar-refractivity contribution >= 4 is 11.5 Å². The van der Waals surface area contributed by atoms with E-state index in [1.165, 1.54) is 12.3 Å². The van der Waals surface area contributed by atoms with E-state index in [4.69, 9.17) is 0 Å². The van der Waals surface area contributed by atoms with Gasteiger partial charge in [0, 0.05) is 12.5 Å². The number of aromatic amines is 1. The fraction of sp³-hybridized carbons (Fsp3) is 0.500. The quantitative estimate of drug-likeness (QED) is 0.339. The van der Waals surface area contributed by atoms with Crippen molar-refractivity contribution in [2.45, 2.75) is 32.6 Å². The smallest absolute Gasteiger partial charge is 0.287 e. The molecule has 0 unspecified atom stereocenters. The van der Waals surface area contributed by atoms with Crippen molar-refractivity contribution in [3.05, 3.63) is 28.1 Å². The molecule has 1 aromatic rings. The van der Waals surface area contributed by atoms with Gasteiger partial charge in [0.2, 0.25) is 0 Å². The number of Topliss-reactive ketones (excluding diaryl/α,β-unsaturated/α-hetero) is 1. The van der Waals surface area contributed by atoms with Crippen LogP contribution >= 0.6 is 0 Å². The topological polar surface area (TPSA) is 76.0 Å². The predicted molar refractivity (Wildman–Crippen MR) is 55.9 cm³/mol. The van der Waals surface area contributed by atoms with Crippen molar-refractivity contribution in [1.29, 1.82) is 0 Å². The Labute approximate surface area is 87.6 Å². The highest BCUT2D eigenvalue weighted by Crippen LogP contribution is 2.14. The van der Waals surface area contributed by atoms with Gasteiger partial charge in [-0.15, -0.1) is 0 Å². The highest BCUT2D eigenvalue weighted by atomic mass is 16.6. The van der Waals surface area contributed by atoms with E-state index in [0.29, 0.717) is 12.1 Å². The number of nitrogens with one attached hydrogen (secondary N) is 1. The molecule has 1 N–H and O–H groups in total. The van der Waals surface area contributed by atoms with Crippen molar-refractivity contribution in [3.8, 4) is 0 Å². The van der Waals surface area contributed by atoms with Crippen LogP contribution in [0.5, 0.6) is 0 Å². The van der Waals surface area contributed by atoms with Crippen LogP contribution in [0.25, 0.3) is 0 Å². The lowest BCUT2D eigenvalue weighted by Gasteiger charge is -1.96. The lowest BCUT2D eigenvalue weighted by Crippen LogP contribution is -1.98. The molecule has 82 valence electrons. The van der Waals surface area contributed by atoms with Gasteiger partial charge in [-0.05, 0) is 6.42 Å². The van der Waals surface area contributed by atoms with Crippen LogP contribution in [0.4, 0.5) is 5.69 Å². The molecule has 0 saturated carbocycles. The van der Waals surface area contributed by atoms with Crippen LogP contribution in [-0.2, 0) is 0 Å².